The number of nitrogens with zero attached hydrogens (tertiary/aromatic N) is 1. The number of ether oxygens (including phenoxy) is 1. The highest BCUT2D eigenvalue weighted by molar-refractivity contribution is 6.30. The Hall–Kier alpha value is -1.88. The molecule has 0 spiro atoms. The van der Waals surface area contributed by atoms with Crippen LogP contribution in [0.4, 0.5) is 0 Å². The van der Waals surface area contributed by atoms with Gasteiger partial charge in [0.05, 0.1) is 17.5 Å². The third-order valence-electron chi connectivity index (χ3n) is 2.23. The zero-order valence-corrected chi connectivity index (χ0v) is 9.75. The van der Waals surface area contributed by atoms with Crippen molar-refractivity contribution in [3.05, 3.63) is 39.4 Å². The maximum Gasteiger partial charge on any atom is 0.343 e. The molecule has 0 aliphatic carbocycles. The molecule has 5 nitrogen and oxygen atoms in total. The highest BCUT2D eigenvalue weighted by Gasteiger charge is 2.14. The van der Waals surface area contributed by atoms with Crippen LogP contribution in [0.3, 0.4) is 0 Å². The van der Waals surface area contributed by atoms with Gasteiger partial charge in [0.15, 0.2) is 0 Å². The summed E-state index contributed by atoms with van der Waals surface area (Å²) >= 11 is 5.70. The average Bonchev–Trinajstić information content (AvgIpc) is 2.29. The monoisotopic (exact) mass is 252 g/mol. The smallest absolute Gasteiger partial charge is 0.343 e. The van der Waals surface area contributed by atoms with Crippen molar-refractivity contribution in [2.75, 3.05) is 6.61 Å². The lowest BCUT2D eigenvalue weighted by Crippen LogP contribution is -2.18. The van der Waals surface area contributed by atoms with E-state index in [1.54, 1.807) is 6.92 Å². The Balaban J connectivity index is 2.62. The molecular weight excluding hydrogens is 244 g/mol. The van der Waals surface area contributed by atoms with Crippen LogP contribution in [-0.2, 0) is 4.74 Å². The first-order valence-corrected chi connectivity index (χ1v) is 5.35. The molecule has 0 saturated carbocycles. The zero-order chi connectivity index (χ0) is 12.4. The molecule has 2 aromatic heterocycles. The molecule has 0 aliphatic rings. The highest BCUT2D eigenvalue weighted by atomic mass is 35.5. The average molecular weight is 253 g/mol. The SMILES string of the molecule is CCOC(=O)c1c[nH]c2cc(Cl)ncc2c1=O. The van der Waals surface area contributed by atoms with Gasteiger partial charge in [0.2, 0.25) is 5.43 Å². The number of fused-ring (bicyclic) bond motifs is 1. The first kappa shape index (κ1) is 11.6. The van der Waals surface area contributed by atoms with E-state index in [4.69, 9.17) is 16.3 Å². The molecule has 0 bridgehead atoms. The lowest BCUT2D eigenvalue weighted by molar-refractivity contribution is 0.0524. The predicted molar refractivity (Wildman–Crippen MR) is 63.3 cm³/mol. The van der Waals surface area contributed by atoms with Crippen LogP contribution in [0.2, 0.25) is 5.15 Å². The van der Waals surface area contributed by atoms with Crippen molar-refractivity contribution < 1.29 is 9.53 Å². The van der Waals surface area contributed by atoms with Crippen LogP contribution in [0.1, 0.15) is 17.3 Å². The third kappa shape index (κ3) is 2.14. The molecule has 17 heavy (non-hydrogen) atoms. The minimum atomic E-state index is -0.648. The largest absolute Gasteiger partial charge is 0.462 e. The number of halogens is 1. The Bertz CT molecular complexity index is 636. The summed E-state index contributed by atoms with van der Waals surface area (Å²) < 4.78 is 4.78. The van der Waals surface area contributed by atoms with E-state index in [1.807, 2.05) is 0 Å². The van der Waals surface area contributed by atoms with Gasteiger partial charge in [-0.25, -0.2) is 9.78 Å². The van der Waals surface area contributed by atoms with Gasteiger partial charge in [0.1, 0.15) is 10.7 Å². The summed E-state index contributed by atoms with van der Waals surface area (Å²) in [5.41, 5.74) is 0.0767. The minimum absolute atomic E-state index is 0.0385. The normalized spacial score (nSPS) is 10.5. The number of aromatic amines is 1. The third-order valence-corrected chi connectivity index (χ3v) is 2.43. The van der Waals surface area contributed by atoms with Crippen LogP contribution in [0.25, 0.3) is 10.9 Å². The van der Waals surface area contributed by atoms with Crippen LogP contribution in [0.5, 0.6) is 0 Å². The van der Waals surface area contributed by atoms with Crippen molar-refractivity contribution in [3.63, 3.8) is 0 Å². The second-order valence-corrected chi connectivity index (χ2v) is 3.69. The van der Waals surface area contributed by atoms with Crippen LogP contribution < -0.4 is 5.43 Å². The first-order chi connectivity index (χ1) is 8.13. The van der Waals surface area contributed by atoms with Crippen LogP contribution >= 0.6 is 11.6 Å². The molecule has 0 fully saturated rings. The van der Waals surface area contributed by atoms with E-state index >= 15 is 0 Å². The van der Waals surface area contributed by atoms with E-state index in [9.17, 15) is 9.59 Å². The van der Waals surface area contributed by atoms with Crippen molar-refractivity contribution in [1.29, 1.82) is 0 Å². The van der Waals surface area contributed by atoms with Crippen molar-refractivity contribution in [1.82, 2.24) is 9.97 Å². The lowest BCUT2D eigenvalue weighted by atomic mass is 10.2. The highest BCUT2D eigenvalue weighted by Crippen LogP contribution is 2.12. The van der Waals surface area contributed by atoms with Gasteiger partial charge in [-0.2, -0.15) is 0 Å². The van der Waals surface area contributed by atoms with Crippen molar-refractivity contribution in [2.24, 2.45) is 0 Å². The van der Waals surface area contributed by atoms with Crippen molar-refractivity contribution in [3.8, 4) is 0 Å². The summed E-state index contributed by atoms with van der Waals surface area (Å²) in [6.45, 7) is 1.89. The minimum Gasteiger partial charge on any atom is -0.462 e. The van der Waals surface area contributed by atoms with Gasteiger partial charge in [-0.1, -0.05) is 11.6 Å². The fourth-order valence-corrected chi connectivity index (χ4v) is 1.61. The molecule has 0 radical (unpaired) electrons. The number of hydrogen-bond acceptors (Lipinski definition) is 4. The summed E-state index contributed by atoms with van der Waals surface area (Å²) in [5, 5.41) is 0.581. The number of pyridine rings is 2. The summed E-state index contributed by atoms with van der Waals surface area (Å²) in [6.07, 6.45) is 2.65. The molecule has 0 saturated heterocycles. The molecule has 0 atom stereocenters. The molecule has 0 amide bonds. The van der Waals surface area contributed by atoms with E-state index in [1.165, 1.54) is 18.5 Å². The van der Waals surface area contributed by atoms with Crippen molar-refractivity contribution >= 4 is 28.5 Å². The number of H-pyrrole nitrogens is 1. The van der Waals surface area contributed by atoms with E-state index in [2.05, 4.69) is 9.97 Å². The van der Waals surface area contributed by atoms with Crippen LogP contribution in [0.15, 0.2) is 23.3 Å². The lowest BCUT2D eigenvalue weighted by Gasteiger charge is -2.03. The molecular formula is C11H9ClN2O3. The van der Waals surface area contributed by atoms with Crippen LogP contribution in [-0.4, -0.2) is 22.5 Å². The topological polar surface area (TPSA) is 72.1 Å². The second kappa shape index (κ2) is 4.55. The summed E-state index contributed by atoms with van der Waals surface area (Å²) in [5.74, 6) is -0.648. The number of nitrogens with one attached hydrogen (secondary N) is 1. The molecule has 0 unspecified atom stereocenters. The van der Waals surface area contributed by atoms with Crippen LogP contribution in [0, 0.1) is 0 Å². The standard InChI is InChI=1S/C11H9ClN2O3/c1-2-17-11(16)7-5-13-8-3-9(12)14-4-6(8)10(7)15/h3-5H,2H2,1H3,(H,13,15). The van der Waals surface area contributed by atoms with Gasteiger partial charge in [0, 0.05) is 12.4 Å². The van der Waals surface area contributed by atoms with Gasteiger partial charge < -0.3 is 9.72 Å². The molecule has 2 rings (SSSR count). The summed E-state index contributed by atoms with van der Waals surface area (Å²) in [6, 6.07) is 1.52. The maximum atomic E-state index is 12.0. The summed E-state index contributed by atoms with van der Waals surface area (Å²) in [4.78, 5) is 30.1. The van der Waals surface area contributed by atoms with Gasteiger partial charge >= 0.3 is 5.97 Å². The Morgan fingerprint density at radius 1 is 1.59 bits per heavy atom. The molecule has 0 aliphatic heterocycles. The van der Waals surface area contributed by atoms with E-state index in [-0.39, 0.29) is 17.3 Å². The second-order valence-electron chi connectivity index (χ2n) is 3.30. The number of carbonyl (C=O) groups is 1. The number of esters is 1. The van der Waals surface area contributed by atoms with Gasteiger partial charge in [-0.15, -0.1) is 0 Å². The van der Waals surface area contributed by atoms with Gasteiger partial charge in [-0.05, 0) is 13.0 Å². The first-order valence-electron chi connectivity index (χ1n) is 4.97. The quantitative estimate of drug-likeness (QED) is 0.653. The Kier molecular flexibility index (Phi) is 3.10. The van der Waals surface area contributed by atoms with Gasteiger partial charge in [0.25, 0.3) is 0 Å². The molecule has 2 aromatic rings. The van der Waals surface area contributed by atoms with Gasteiger partial charge in [-0.3, -0.25) is 4.79 Å². The Morgan fingerprint density at radius 2 is 2.35 bits per heavy atom. The Morgan fingerprint density at radius 3 is 3.06 bits per heavy atom. The van der Waals surface area contributed by atoms with E-state index < -0.39 is 11.4 Å². The molecule has 0 aromatic carbocycles. The summed E-state index contributed by atoms with van der Waals surface area (Å²) in [7, 11) is 0. The van der Waals surface area contributed by atoms with E-state index in [0.717, 1.165) is 0 Å². The molecule has 2 heterocycles. The molecule has 1 N–H and O–H groups in total. The molecule has 88 valence electrons. The molecule has 6 heteroatoms. The number of carbonyl (C=O) groups excluding carboxylic acids is 1. The predicted octanol–water partition coefficient (Wildman–Crippen LogP) is 1.75. The zero-order valence-electron chi connectivity index (χ0n) is 8.99. The number of rotatable bonds is 2. The number of aromatic nitrogens is 2. The Labute approximate surface area is 101 Å². The maximum absolute atomic E-state index is 12.0. The van der Waals surface area contributed by atoms with Crippen molar-refractivity contribution in [2.45, 2.75) is 6.92 Å². The number of hydrogen-bond donors (Lipinski definition) is 1. The fourth-order valence-electron chi connectivity index (χ4n) is 1.45. The van der Waals surface area contributed by atoms with E-state index in [0.29, 0.717) is 10.9 Å². The fraction of sp³-hybridized carbons (Fsp3) is 0.182.